The molecule has 2 N–H and O–H groups in total. The summed E-state index contributed by atoms with van der Waals surface area (Å²) in [4.78, 5) is 38.9. The third-order valence-corrected chi connectivity index (χ3v) is 4.47. The Morgan fingerprint density at radius 2 is 1.96 bits per heavy atom. The van der Waals surface area contributed by atoms with E-state index >= 15 is 0 Å². The summed E-state index contributed by atoms with van der Waals surface area (Å²) in [5, 5.41) is 11.6. The van der Waals surface area contributed by atoms with Gasteiger partial charge in [-0.3, -0.25) is 9.59 Å². The van der Waals surface area contributed by atoms with Crippen molar-refractivity contribution >= 4 is 23.6 Å². The van der Waals surface area contributed by atoms with Crippen molar-refractivity contribution in [3.8, 4) is 0 Å². The first-order chi connectivity index (χ1) is 11.7. The molecule has 1 aromatic carbocycles. The van der Waals surface area contributed by atoms with Crippen LogP contribution in [-0.2, 0) is 16.0 Å². The highest BCUT2D eigenvalue weighted by molar-refractivity contribution is 6.00. The first-order valence-corrected chi connectivity index (χ1v) is 8.37. The number of urea groups is 1. The van der Waals surface area contributed by atoms with E-state index in [1.54, 1.807) is 11.8 Å². The van der Waals surface area contributed by atoms with E-state index in [0.29, 0.717) is 0 Å². The molecule has 0 radical (unpaired) electrons. The van der Waals surface area contributed by atoms with Crippen LogP contribution in [0.3, 0.4) is 0 Å². The van der Waals surface area contributed by atoms with E-state index in [9.17, 15) is 14.4 Å². The van der Waals surface area contributed by atoms with Gasteiger partial charge in [0.1, 0.15) is 6.04 Å². The van der Waals surface area contributed by atoms with E-state index in [2.05, 4.69) is 5.32 Å². The highest BCUT2D eigenvalue weighted by Gasteiger charge is 2.33. The number of anilines is 1. The summed E-state index contributed by atoms with van der Waals surface area (Å²) in [6, 6.07) is 6.62. The van der Waals surface area contributed by atoms with Crippen LogP contribution in [0.5, 0.6) is 0 Å². The molecule has 0 spiro atoms. The lowest BCUT2D eigenvalue weighted by Crippen LogP contribution is -2.52. The number of nitrogens with zero attached hydrogens (tertiary/aromatic N) is 2. The minimum Gasteiger partial charge on any atom is -0.481 e. The van der Waals surface area contributed by atoms with Crippen LogP contribution in [0.4, 0.5) is 10.5 Å². The Labute approximate surface area is 147 Å². The van der Waals surface area contributed by atoms with Crippen molar-refractivity contribution < 1.29 is 19.5 Å². The minimum atomic E-state index is -0.966. The van der Waals surface area contributed by atoms with Gasteiger partial charge in [0, 0.05) is 25.3 Å². The maximum Gasteiger partial charge on any atom is 0.317 e. The normalized spacial score (nSPS) is 18.2. The summed E-state index contributed by atoms with van der Waals surface area (Å²) in [6.07, 6.45) is 0.790. The van der Waals surface area contributed by atoms with Gasteiger partial charge in [-0.1, -0.05) is 25.1 Å². The van der Waals surface area contributed by atoms with E-state index in [1.165, 1.54) is 18.9 Å². The average molecular weight is 347 g/mol. The van der Waals surface area contributed by atoms with Crippen LogP contribution in [0.2, 0.25) is 0 Å². The molecule has 7 heteroatoms. The number of aliphatic carboxylic acids is 1. The molecule has 2 rings (SSSR count). The molecule has 1 heterocycles. The van der Waals surface area contributed by atoms with Gasteiger partial charge in [-0.25, -0.2) is 4.79 Å². The molecule has 3 atom stereocenters. The van der Waals surface area contributed by atoms with Crippen molar-refractivity contribution in [1.82, 2.24) is 10.2 Å². The van der Waals surface area contributed by atoms with Gasteiger partial charge in [0.15, 0.2) is 0 Å². The number of hydrogen-bond acceptors (Lipinski definition) is 3. The third-order valence-electron chi connectivity index (χ3n) is 4.47. The lowest BCUT2D eigenvalue weighted by molar-refractivity contribution is -0.141. The van der Waals surface area contributed by atoms with Gasteiger partial charge in [0.25, 0.3) is 0 Å². The number of carboxylic acid groups (broad SMARTS) is 1. The van der Waals surface area contributed by atoms with E-state index in [4.69, 9.17) is 5.11 Å². The topological polar surface area (TPSA) is 90.0 Å². The standard InChI is InChI=1S/C18H25N3O4/c1-11(17(23)24)10-20(4)18(25)19-13(3)16(22)21-12(2)9-14-7-5-6-8-15(14)21/h5-8,11-13H,9-10H2,1-4H3,(H,19,25)(H,23,24). The monoisotopic (exact) mass is 347 g/mol. The molecule has 0 fully saturated rings. The van der Waals surface area contributed by atoms with Crippen LogP contribution in [0.1, 0.15) is 26.3 Å². The molecule has 0 saturated carbocycles. The predicted molar refractivity (Wildman–Crippen MR) is 94.5 cm³/mol. The van der Waals surface area contributed by atoms with Crippen LogP contribution in [0.15, 0.2) is 24.3 Å². The van der Waals surface area contributed by atoms with Crippen molar-refractivity contribution in [1.29, 1.82) is 0 Å². The molecule has 25 heavy (non-hydrogen) atoms. The molecule has 0 aromatic heterocycles. The second-order valence-corrected chi connectivity index (χ2v) is 6.68. The second kappa shape index (κ2) is 7.55. The number of fused-ring (bicyclic) bond motifs is 1. The molecule has 3 unspecified atom stereocenters. The second-order valence-electron chi connectivity index (χ2n) is 6.68. The van der Waals surface area contributed by atoms with Gasteiger partial charge in [-0.15, -0.1) is 0 Å². The maximum atomic E-state index is 12.8. The Balaban J connectivity index is 2.01. The zero-order valence-corrected chi connectivity index (χ0v) is 15.0. The largest absolute Gasteiger partial charge is 0.481 e. The summed E-state index contributed by atoms with van der Waals surface area (Å²) >= 11 is 0. The average Bonchev–Trinajstić information content (AvgIpc) is 2.89. The highest BCUT2D eigenvalue weighted by Crippen LogP contribution is 2.32. The molecule has 0 saturated heterocycles. The molecule has 7 nitrogen and oxygen atoms in total. The lowest BCUT2D eigenvalue weighted by Gasteiger charge is -2.28. The molecule has 3 amide bonds. The quantitative estimate of drug-likeness (QED) is 0.848. The van der Waals surface area contributed by atoms with Crippen LogP contribution in [0.25, 0.3) is 0 Å². The Bertz CT molecular complexity index is 676. The van der Waals surface area contributed by atoms with E-state index in [1.807, 2.05) is 31.2 Å². The Morgan fingerprint density at radius 1 is 1.32 bits per heavy atom. The van der Waals surface area contributed by atoms with Gasteiger partial charge >= 0.3 is 12.0 Å². The molecule has 0 bridgehead atoms. The van der Waals surface area contributed by atoms with Crippen molar-refractivity contribution in [2.45, 2.75) is 39.3 Å². The van der Waals surface area contributed by atoms with E-state index in [-0.39, 0.29) is 18.5 Å². The molecule has 0 aliphatic carbocycles. The molecule has 136 valence electrons. The van der Waals surface area contributed by atoms with Gasteiger partial charge in [0.2, 0.25) is 5.91 Å². The summed E-state index contributed by atoms with van der Waals surface area (Å²) in [6.45, 7) is 5.23. The molecule has 1 aliphatic heterocycles. The molecule has 1 aliphatic rings. The lowest BCUT2D eigenvalue weighted by atomic mass is 10.1. The van der Waals surface area contributed by atoms with Crippen molar-refractivity contribution in [3.63, 3.8) is 0 Å². The van der Waals surface area contributed by atoms with Gasteiger partial charge in [0.05, 0.1) is 5.92 Å². The summed E-state index contributed by atoms with van der Waals surface area (Å²) in [5.74, 6) is -1.82. The Hall–Kier alpha value is -2.57. The smallest absolute Gasteiger partial charge is 0.317 e. The number of carbonyl (C=O) groups excluding carboxylic acids is 2. The molecule has 1 aromatic rings. The van der Waals surface area contributed by atoms with Crippen LogP contribution >= 0.6 is 0 Å². The SMILES string of the molecule is CC(CN(C)C(=O)NC(C)C(=O)N1c2ccccc2CC1C)C(=O)O. The highest BCUT2D eigenvalue weighted by atomic mass is 16.4. The first-order valence-electron chi connectivity index (χ1n) is 8.37. The van der Waals surface area contributed by atoms with Gasteiger partial charge in [-0.2, -0.15) is 0 Å². The third kappa shape index (κ3) is 4.10. The Kier molecular flexibility index (Phi) is 5.66. The number of nitrogens with one attached hydrogen (secondary N) is 1. The zero-order valence-electron chi connectivity index (χ0n) is 15.0. The number of carbonyl (C=O) groups is 3. The zero-order chi connectivity index (χ0) is 18.7. The molecular formula is C18H25N3O4. The van der Waals surface area contributed by atoms with Crippen LogP contribution in [-0.4, -0.2) is 53.6 Å². The van der Waals surface area contributed by atoms with Crippen molar-refractivity contribution in [2.24, 2.45) is 5.92 Å². The maximum absolute atomic E-state index is 12.8. The van der Waals surface area contributed by atoms with Gasteiger partial charge in [-0.05, 0) is 31.9 Å². The number of amides is 3. The fourth-order valence-corrected chi connectivity index (χ4v) is 3.04. The van der Waals surface area contributed by atoms with Gasteiger partial charge < -0.3 is 20.2 Å². The fourth-order valence-electron chi connectivity index (χ4n) is 3.04. The van der Waals surface area contributed by atoms with Crippen LogP contribution in [0, 0.1) is 5.92 Å². The summed E-state index contributed by atoms with van der Waals surface area (Å²) in [5.41, 5.74) is 2.00. The first kappa shape index (κ1) is 18.8. The van der Waals surface area contributed by atoms with E-state index < -0.39 is 24.0 Å². The molecular weight excluding hydrogens is 322 g/mol. The number of hydrogen-bond donors (Lipinski definition) is 2. The summed E-state index contributed by atoms with van der Waals surface area (Å²) in [7, 11) is 1.51. The fraction of sp³-hybridized carbons (Fsp3) is 0.500. The number of para-hydroxylation sites is 1. The Morgan fingerprint density at radius 3 is 2.60 bits per heavy atom. The van der Waals surface area contributed by atoms with Crippen molar-refractivity contribution in [2.75, 3.05) is 18.5 Å². The number of carboxylic acids is 1. The minimum absolute atomic E-state index is 0.0361. The number of rotatable bonds is 5. The predicted octanol–water partition coefficient (Wildman–Crippen LogP) is 1.71. The van der Waals surface area contributed by atoms with Crippen molar-refractivity contribution in [3.05, 3.63) is 29.8 Å². The van der Waals surface area contributed by atoms with Crippen LogP contribution < -0.4 is 10.2 Å². The van der Waals surface area contributed by atoms with E-state index in [0.717, 1.165) is 17.7 Å². The number of benzene rings is 1. The summed E-state index contributed by atoms with van der Waals surface area (Å²) < 4.78 is 0.